The van der Waals surface area contributed by atoms with Gasteiger partial charge in [0, 0.05) is 11.2 Å². The van der Waals surface area contributed by atoms with Gasteiger partial charge in [0.15, 0.2) is 0 Å². The molecule has 2 aromatic rings. The summed E-state index contributed by atoms with van der Waals surface area (Å²) in [5.74, 6) is 1.11. The zero-order valence-corrected chi connectivity index (χ0v) is 17.7. The Morgan fingerprint density at radius 3 is 2.15 bits per heavy atom. The van der Waals surface area contributed by atoms with E-state index in [2.05, 4.69) is 94.8 Å². The summed E-state index contributed by atoms with van der Waals surface area (Å²) >= 11 is 0. The number of fused-ring (bicyclic) bond motifs is 2. The Kier molecular flexibility index (Phi) is 4.19. The van der Waals surface area contributed by atoms with Gasteiger partial charge in [-0.05, 0) is 58.1 Å². The van der Waals surface area contributed by atoms with Gasteiger partial charge >= 0.3 is 0 Å². The third-order valence-corrected chi connectivity index (χ3v) is 9.82. The average molecular weight is 363 g/mol. The molecule has 4 rings (SSSR count). The van der Waals surface area contributed by atoms with Gasteiger partial charge in [-0.1, -0.05) is 81.0 Å². The summed E-state index contributed by atoms with van der Waals surface area (Å²) in [5, 5.41) is 0.542. The Labute approximate surface area is 160 Å². The van der Waals surface area contributed by atoms with Crippen molar-refractivity contribution >= 4 is 21.7 Å². The molecule has 1 heteroatoms. The normalized spacial score (nSPS) is 22.5. The van der Waals surface area contributed by atoms with Crippen molar-refractivity contribution in [2.75, 3.05) is 12.5 Å². The van der Waals surface area contributed by atoms with Crippen LogP contribution in [-0.2, 0) is 0 Å². The van der Waals surface area contributed by atoms with E-state index >= 15 is 0 Å². The van der Waals surface area contributed by atoms with E-state index in [-0.39, 0.29) is 0 Å². The first-order chi connectivity index (χ1) is 12.3. The van der Waals surface area contributed by atoms with Gasteiger partial charge in [-0.3, -0.25) is 0 Å². The second-order valence-electron chi connectivity index (χ2n) is 8.51. The SMILES string of the molecule is CC1=C(S(C)(C)C2C(C(C)C)=Cc3ccccc32)C(C)c2ccccc21. The molecule has 26 heavy (non-hydrogen) atoms. The minimum atomic E-state index is -1.00. The van der Waals surface area contributed by atoms with Crippen LogP contribution in [0.2, 0.25) is 0 Å². The molecule has 0 saturated carbocycles. The zero-order valence-electron chi connectivity index (χ0n) is 16.8. The van der Waals surface area contributed by atoms with Gasteiger partial charge in [0.05, 0.1) is 0 Å². The second kappa shape index (κ2) is 6.16. The van der Waals surface area contributed by atoms with Gasteiger partial charge in [-0.25, -0.2) is 10.0 Å². The standard InChI is InChI=1S/C25H30S/c1-16(2)23-15-19-11-7-8-14-22(19)25(23)26(5,6)24-17(3)20-12-9-10-13-21(20)18(24)4/h7-17,25H,1-6H3. The van der Waals surface area contributed by atoms with Crippen molar-refractivity contribution in [3.63, 3.8) is 0 Å². The van der Waals surface area contributed by atoms with Crippen molar-refractivity contribution in [2.45, 2.75) is 38.9 Å². The van der Waals surface area contributed by atoms with Gasteiger partial charge < -0.3 is 0 Å². The van der Waals surface area contributed by atoms with Crippen LogP contribution >= 0.6 is 10.0 Å². The average Bonchev–Trinajstić information content (AvgIpc) is 3.13. The number of hydrogen-bond acceptors (Lipinski definition) is 0. The van der Waals surface area contributed by atoms with E-state index in [4.69, 9.17) is 0 Å². The molecule has 136 valence electrons. The Morgan fingerprint density at radius 2 is 1.50 bits per heavy atom. The van der Waals surface area contributed by atoms with E-state index in [1.165, 1.54) is 22.3 Å². The molecule has 0 nitrogen and oxygen atoms in total. The van der Waals surface area contributed by atoms with E-state index < -0.39 is 10.0 Å². The van der Waals surface area contributed by atoms with Crippen LogP contribution in [0.1, 0.15) is 61.1 Å². The minimum Gasteiger partial charge on any atom is -0.212 e. The van der Waals surface area contributed by atoms with Crippen LogP contribution in [0.3, 0.4) is 0 Å². The maximum atomic E-state index is 2.55. The molecular weight excluding hydrogens is 332 g/mol. The molecule has 0 radical (unpaired) electrons. The Bertz CT molecular complexity index is 927. The van der Waals surface area contributed by atoms with Crippen molar-refractivity contribution in [2.24, 2.45) is 5.92 Å². The van der Waals surface area contributed by atoms with Crippen molar-refractivity contribution in [1.29, 1.82) is 0 Å². The van der Waals surface area contributed by atoms with Crippen LogP contribution in [-0.4, -0.2) is 12.5 Å². The lowest BCUT2D eigenvalue weighted by Crippen LogP contribution is -2.16. The topological polar surface area (TPSA) is 0 Å². The fourth-order valence-electron chi connectivity index (χ4n) is 5.23. The summed E-state index contributed by atoms with van der Waals surface area (Å²) in [5.41, 5.74) is 9.11. The van der Waals surface area contributed by atoms with Gasteiger partial charge in [0.2, 0.25) is 0 Å². The molecule has 0 bridgehead atoms. The first-order valence-corrected chi connectivity index (χ1v) is 12.2. The van der Waals surface area contributed by atoms with Gasteiger partial charge in [-0.2, -0.15) is 0 Å². The number of benzene rings is 2. The monoisotopic (exact) mass is 362 g/mol. The molecule has 2 aromatic carbocycles. The highest BCUT2D eigenvalue weighted by atomic mass is 32.3. The molecule has 2 unspecified atom stereocenters. The molecule has 0 saturated heterocycles. The Morgan fingerprint density at radius 1 is 0.885 bits per heavy atom. The molecule has 2 aliphatic carbocycles. The van der Waals surface area contributed by atoms with Crippen LogP contribution in [0.5, 0.6) is 0 Å². The molecular formula is C25H30S. The van der Waals surface area contributed by atoms with Crippen LogP contribution in [0.15, 0.2) is 59.0 Å². The number of allylic oxidation sites excluding steroid dienone is 2. The lowest BCUT2D eigenvalue weighted by molar-refractivity contribution is 0.746. The predicted molar refractivity (Wildman–Crippen MR) is 119 cm³/mol. The molecule has 0 heterocycles. The highest BCUT2D eigenvalue weighted by Gasteiger charge is 2.42. The summed E-state index contributed by atoms with van der Waals surface area (Å²) < 4.78 is 0. The highest BCUT2D eigenvalue weighted by Crippen LogP contribution is 2.72. The fourth-order valence-corrected chi connectivity index (χ4v) is 9.30. The largest absolute Gasteiger partial charge is 0.212 e. The van der Waals surface area contributed by atoms with Gasteiger partial charge in [0.25, 0.3) is 0 Å². The molecule has 0 aliphatic heterocycles. The Balaban J connectivity index is 1.87. The maximum absolute atomic E-state index is 2.55. The highest BCUT2D eigenvalue weighted by molar-refractivity contribution is 8.36. The molecule has 2 atom stereocenters. The van der Waals surface area contributed by atoms with Crippen LogP contribution in [0.4, 0.5) is 0 Å². The maximum Gasteiger partial charge on any atom is 0.0393 e. The third-order valence-electron chi connectivity index (χ3n) is 6.32. The van der Waals surface area contributed by atoms with Gasteiger partial charge in [-0.15, -0.1) is 0 Å². The van der Waals surface area contributed by atoms with Crippen LogP contribution in [0, 0.1) is 5.92 Å². The molecule has 0 amide bonds. The molecule has 0 aromatic heterocycles. The Hall–Kier alpha value is -1.73. The summed E-state index contributed by atoms with van der Waals surface area (Å²) in [7, 11) is -1.00. The lowest BCUT2D eigenvalue weighted by Gasteiger charge is -2.44. The van der Waals surface area contributed by atoms with Crippen LogP contribution < -0.4 is 0 Å². The number of hydrogen-bond donors (Lipinski definition) is 0. The minimum absolute atomic E-state index is 0.525. The van der Waals surface area contributed by atoms with Crippen molar-refractivity contribution in [3.8, 4) is 0 Å². The molecule has 2 aliphatic rings. The summed E-state index contributed by atoms with van der Waals surface area (Å²) in [6.45, 7) is 9.48. The first-order valence-electron chi connectivity index (χ1n) is 9.66. The van der Waals surface area contributed by atoms with Crippen molar-refractivity contribution in [3.05, 3.63) is 81.3 Å². The zero-order chi connectivity index (χ0) is 18.6. The van der Waals surface area contributed by atoms with E-state index in [1.54, 1.807) is 16.0 Å². The van der Waals surface area contributed by atoms with E-state index in [0.29, 0.717) is 17.1 Å². The van der Waals surface area contributed by atoms with E-state index in [9.17, 15) is 0 Å². The third kappa shape index (κ3) is 2.44. The van der Waals surface area contributed by atoms with Crippen molar-refractivity contribution < 1.29 is 0 Å². The van der Waals surface area contributed by atoms with E-state index in [1.807, 2.05) is 0 Å². The predicted octanol–water partition coefficient (Wildman–Crippen LogP) is 7.39. The molecule has 0 fully saturated rings. The van der Waals surface area contributed by atoms with Gasteiger partial charge in [0.1, 0.15) is 0 Å². The summed E-state index contributed by atoms with van der Waals surface area (Å²) in [6, 6.07) is 18.1. The summed E-state index contributed by atoms with van der Waals surface area (Å²) in [6.07, 6.45) is 7.58. The van der Waals surface area contributed by atoms with Crippen molar-refractivity contribution in [1.82, 2.24) is 0 Å². The molecule has 0 N–H and O–H groups in total. The quantitative estimate of drug-likeness (QED) is 0.534. The lowest BCUT2D eigenvalue weighted by atomic mass is 10.0. The second-order valence-corrected chi connectivity index (χ2v) is 12.2. The van der Waals surface area contributed by atoms with Crippen LogP contribution in [0.25, 0.3) is 11.6 Å². The summed E-state index contributed by atoms with van der Waals surface area (Å²) in [4.78, 5) is 1.70. The molecule has 0 spiro atoms. The first kappa shape index (κ1) is 17.7. The number of rotatable bonds is 3. The smallest absolute Gasteiger partial charge is 0.0393 e. The van der Waals surface area contributed by atoms with E-state index in [0.717, 1.165) is 0 Å². The fraction of sp³-hybridized carbons (Fsp3) is 0.360.